The Morgan fingerprint density at radius 3 is 2.68 bits per heavy atom. The molecule has 19 heavy (non-hydrogen) atoms. The smallest absolute Gasteiger partial charge is 0.0334 e. The van der Waals surface area contributed by atoms with E-state index in [2.05, 4.69) is 55.6 Å². The van der Waals surface area contributed by atoms with Crippen LogP contribution in [0.5, 0.6) is 0 Å². The highest BCUT2D eigenvalue weighted by molar-refractivity contribution is 5.75. The maximum absolute atomic E-state index is 3.19. The van der Waals surface area contributed by atoms with Gasteiger partial charge in [-0.2, -0.15) is 0 Å². The molecule has 1 nitrogen and oxygen atoms in total. The van der Waals surface area contributed by atoms with E-state index >= 15 is 0 Å². The molecule has 1 aliphatic heterocycles. The van der Waals surface area contributed by atoms with Crippen molar-refractivity contribution in [3.63, 3.8) is 0 Å². The summed E-state index contributed by atoms with van der Waals surface area (Å²) in [7, 11) is 0. The van der Waals surface area contributed by atoms with E-state index in [1.807, 2.05) is 20.0 Å². The molecule has 0 spiro atoms. The molecule has 0 radical (unpaired) electrons. The van der Waals surface area contributed by atoms with Crippen LogP contribution in [0, 0.1) is 0 Å². The number of nitrogens with one attached hydrogen (secondary N) is 1. The van der Waals surface area contributed by atoms with Crippen molar-refractivity contribution in [2.45, 2.75) is 46.5 Å². The van der Waals surface area contributed by atoms with Gasteiger partial charge in [-0.1, -0.05) is 64.5 Å². The molecule has 1 aliphatic rings. The van der Waals surface area contributed by atoms with E-state index < -0.39 is 0 Å². The predicted octanol–water partition coefficient (Wildman–Crippen LogP) is 5.12. The molecule has 1 N–H and O–H groups in total. The molecular formula is C18H27N. The number of dihydropyridines is 1. The van der Waals surface area contributed by atoms with Gasteiger partial charge in [-0.15, -0.1) is 0 Å². The maximum Gasteiger partial charge on any atom is 0.0334 e. The summed E-state index contributed by atoms with van der Waals surface area (Å²) in [6.45, 7) is 9.49. The molecule has 0 amide bonds. The fourth-order valence-corrected chi connectivity index (χ4v) is 2.29. The minimum Gasteiger partial charge on any atom is -0.387 e. The van der Waals surface area contributed by atoms with Crippen molar-refractivity contribution < 1.29 is 0 Å². The molecule has 0 aromatic heterocycles. The fraction of sp³-hybridized carbons (Fsp3) is 0.444. The third-order valence-electron chi connectivity index (χ3n) is 3.33. The van der Waals surface area contributed by atoms with Gasteiger partial charge in [0, 0.05) is 6.54 Å². The van der Waals surface area contributed by atoms with Crippen molar-refractivity contribution in [2.75, 3.05) is 6.54 Å². The van der Waals surface area contributed by atoms with Crippen LogP contribution in [0.4, 0.5) is 0 Å². The first-order valence-corrected chi connectivity index (χ1v) is 7.51. The molecule has 1 heterocycles. The highest BCUT2D eigenvalue weighted by Crippen LogP contribution is 2.25. The second-order valence-electron chi connectivity index (χ2n) is 4.72. The van der Waals surface area contributed by atoms with E-state index in [1.54, 1.807) is 0 Å². The molecular weight excluding hydrogens is 230 g/mol. The van der Waals surface area contributed by atoms with Gasteiger partial charge in [-0.05, 0) is 41.3 Å². The Hall–Kier alpha value is -1.50. The van der Waals surface area contributed by atoms with E-state index in [1.165, 1.54) is 29.5 Å². The summed E-state index contributed by atoms with van der Waals surface area (Å²) in [5.41, 5.74) is 4.12. The van der Waals surface area contributed by atoms with Crippen LogP contribution in [0.2, 0.25) is 0 Å². The molecule has 0 saturated carbocycles. The summed E-state index contributed by atoms with van der Waals surface area (Å²) in [5, 5.41) is 3.19. The summed E-state index contributed by atoms with van der Waals surface area (Å²) in [6, 6.07) is 8.95. The minimum absolute atomic E-state index is 0.659. The highest BCUT2D eigenvalue weighted by Gasteiger charge is 2.06. The molecule has 1 unspecified atom stereocenters. The zero-order chi connectivity index (χ0) is 14.1. The molecule has 0 fully saturated rings. The van der Waals surface area contributed by atoms with E-state index in [9.17, 15) is 0 Å². The SMILES string of the molecule is CC.CCCC(C)c1cccc(C2=CCNC=C2)c1. The Morgan fingerprint density at radius 2 is 2.05 bits per heavy atom. The second-order valence-corrected chi connectivity index (χ2v) is 4.72. The van der Waals surface area contributed by atoms with Gasteiger partial charge in [0.15, 0.2) is 0 Å². The van der Waals surface area contributed by atoms with Gasteiger partial charge in [-0.3, -0.25) is 0 Å². The highest BCUT2D eigenvalue weighted by atomic mass is 14.8. The summed E-state index contributed by atoms with van der Waals surface area (Å²) in [4.78, 5) is 0. The van der Waals surface area contributed by atoms with Gasteiger partial charge < -0.3 is 5.32 Å². The van der Waals surface area contributed by atoms with Crippen LogP contribution in [-0.4, -0.2) is 6.54 Å². The molecule has 1 atom stereocenters. The molecule has 0 aliphatic carbocycles. The minimum atomic E-state index is 0.659. The lowest BCUT2D eigenvalue weighted by atomic mass is 9.93. The average molecular weight is 257 g/mol. The van der Waals surface area contributed by atoms with Crippen LogP contribution in [0.15, 0.2) is 42.6 Å². The summed E-state index contributed by atoms with van der Waals surface area (Å²) < 4.78 is 0. The lowest BCUT2D eigenvalue weighted by Gasteiger charge is -2.14. The van der Waals surface area contributed by atoms with Crippen molar-refractivity contribution in [1.29, 1.82) is 0 Å². The Labute approximate surface area is 118 Å². The van der Waals surface area contributed by atoms with E-state index in [4.69, 9.17) is 0 Å². The lowest BCUT2D eigenvalue weighted by Crippen LogP contribution is -2.08. The summed E-state index contributed by atoms with van der Waals surface area (Å²) >= 11 is 0. The zero-order valence-electron chi connectivity index (χ0n) is 12.7. The van der Waals surface area contributed by atoms with Crippen molar-refractivity contribution in [3.05, 3.63) is 53.7 Å². The Balaban J connectivity index is 0.000000861. The van der Waals surface area contributed by atoms with Crippen LogP contribution >= 0.6 is 0 Å². The van der Waals surface area contributed by atoms with Crippen LogP contribution in [-0.2, 0) is 0 Å². The van der Waals surface area contributed by atoms with Crippen LogP contribution in [0.25, 0.3) is 5.57 Å². The third kappa shape index (κ3) is 4.59. The van der Waals surface area contributed by atoms with Gasteiger partial charge in [0.25, 0.3) is 0 Å². The number of hydrogen-bond donors (Lipinski definition) is 1. The molecule has 1 aromatic rings. The molecule has 1 heteroatoms. The normalized spacial score (nSPS) is 14.8. The molecule has 0 saturated heterocycles. The van der Waals surface area contributed by atoms with Gasteiger partial charge in [0.2, 0.25) is 0 Å². The predicted molar refractivity (Wildman–Crippen MR) is 86.2 cm³/mol. The van der Waals surface area contributed by atoms with Crippen LogP contribution < -0.4 is 5.32 Å². The third-order valence-corrected chi connectivity index (χ3v) is 3.33. The van der Waals surface area contributed by atoms with Crippen LogP contribution in [0.1, 0.15) is 57.6 Å². The van der Waals surface area contributed by atoms with Gasteiger partial charge in [-0.25, -0.2) is 0 Å². The first-order valence-electron chi connectivity index (χ1n) is 7.51. The lowest BCUT2D eigenvalue weighted by molar-refractivity contribution is 0.665. The zero-order valence-corrected chi connectivity index (χ0v) is 12.7. The van der Waals surface area contributed by atoms with E-state index in [0.717, 1.165) is 6.54 Å². The monoisotopic (exact) mass is 257 g/mol. The largest absolute Gasteiger partial charge is 0.387 e. The summed E-state index contributed by atoms with van der Waals surface area (Å²) in [6.07, 6.45) is 8.92. The van der Waals surface area contributed by atoms with Crippen molar-refractivity contribution >= 4 is 5.57 Å². The molecule has 0 bridgehead atoms. The Kier molecular flexibility index (Phi) is 7.02. The Bertz CT molecular complexity index is 429. The first-order chi connectivity index (χ1) is 9.31. The molecule has 2 rings (SSSR count). The van der Waals surface area contributed by atoms with Gasteiger partial charge in [0.05, 0.1) is 0 Å². The van der Waals surface area contributed by atoms with Crippen molar-refractivity contribution in [3.8, 4) is 0 Å². The van der Waals surface area contributed by atoms with Gasteiger partial charge in [0.1, 0.15) is 0 Å². The maximum atomic E-state index is 3.19. The average Bonchev–Trinajstić information content (AvgIpc) is 2.50. The van der Waals surface area contributed by atoms with E-state index in [0.29, 0.717) is 5.92 Å². The number of hydrogen-bond acceptors (Lipinski definition) is 1. The van der Waals surface area contributed by atoms with Crippen molar-refractivity contribution in [2.24, 2.45) is 0 Å². The second kappa shape index (κ2) is 8.58. The topological polar surface area (TPSA) is 12.0 Å². The fourth-order valence-electron chi connectivity index (χ4n) is 2.29. The molecule has 1 aromatic carbocycles. The quantitative estimate of drug-likeness (QED) is 0.789. The number of benzene rings is 1. The van der Waals surface area contributed by atoms with Crippen molar-refractivity contribution in [1.82, 2.24) is 5.32 Å². The Morgan fingerprint density at radius 1 is 1.26 bits per heavy atom. The summed E-state index contributed by atoms with van der Waals surface area (Å²) in [5.74, 6) is 0.659. The van der Waals surface area contributed by atoms with Crippen LogP contribution in [0.3, 0.4) is 0 Å². The van der Waals surface area contributed by atoms with E-state index in [-0.39, 0.29) is 0 Å². The standard InChI is InChI=1S/C16H21N.C2H6/c1-3-5-13(2)15-6-4-7-16(12-15)14-8-10-17-11-9-14;1-2/h4,6-10,12-13,17H,3,5,11H2,1-2H3;1-2H3. The first kappa shape index (κ1) is 15.6. The molecule has 104 valence electrons. The van der Waals surface area contributed by atoms with Gasteiger partial charge >= 0.3 is 0 Å². The number of rotatable bonds is 4. The number of allylic oxidation sites excluding steroid dienone is 2.